The molecule has 4 rings (SSSR count). The first kappa shape index (κ1) is 20.5. The molecule has 1 saturated heterocycles. The van der Waals surface area contributed by atoms with Gasteiger partial charge >= 0.3 is 0 Å². The number of hydrogen-bond acceptors (Lipinski definition) is 4. The first-order valence-corrected chi connectivity index (χ1v) is 11.1. The summed E-state index contributed by atoms with van der Waals surface area (Å²) in [6.45, 7) is 4.13. The predicted molar refractivity (Wildman–Crippen MR) is 113 cm³/mol. The maximum Gasteiger partial charge on any atom is 0.263 e. The standard InChI is InChI=1S/C21H26Cl2N4O2/c1-14(29-18-9-8-16(22)12-17(18)23)21(28)26-10-5-6-15(13-26)20-25-24-19-7-3-2-4-11-27(19)20/h8-9,12,14-15H,2-7,10-11,13H2,1H3. The minimum absolute atomic E-state index is 0.0312. The van der Waals surface area contributed by atoms with Gasteiger partial charge in [0.25, 0.3) is 5.91 Å². The largest absolute Gasteiger partial charge is 0.479 e. The molecule has 1 aromatic heterocycles. The van der Waals surface area contributed by atoms with Gasteiger partial charge in [-0.25, -0.2) is 0 Å². The third-order valence-electron chi connectivity index (χ3n) is 5.78. The van der Waals surface area contributed by atoms with Crippen molar-refractivity contribution in [3.05, 3.63) is 39.9 Å². The first-order chi connectivity index (χ1) is 14.0. The van der Waals surface area contributed by atoms with Crippen LogP contribution >= 0.6 is 23.2 Å². The van der Waals surface area contributed by atoms with Crippen LogP contribution in [0.1, 0.15) is 56.6 Å². The summed E-state index contributed by atoms with van der Waals surface area (Å²) in [7, 11) is 0. The minimum Gasteiger partial charge on any atom is -0.479 e. The zero-order valence-corrected chi connectivity index (χ0v) is 18.1. The number of hydrogen-bond donors (Lipinski definition) is 0. The zero-order chi connectivity index (χ0) is 20.4. The molecule has 0 radical (unpaired) electrons. The summed E-state index contributed by atoms with van der Waals surface area (Å²) in [5.41, 5.74) is 0. The van der Waals surface area contributed by atoms with Gasteiger partial charge < -0.3 is 14.2 Å². The number of benzene rings is 1. The Morgan fingerprint density at radius 3 is 2.86 bits per heavy atom. The van der Waals surface area contributed by atoms with Crippen molar-refractivity contribution in [2.75, 3.05) is 13.1 Å². The molecular weight excluding hydrogens is 411 g/mol. The summed E-state index contributed by atoms with van der Waals surface area (Å²) in [6.07, 6.45) is 5.93. The van der Waals surface area contributed by atoms with Crippen LogP contribution in [0.4, 0.5) is 0 Å². The van der Waals surface area contributed by atoms with E-state index in [1.165, 1.54) is 19.3 Å². The monoisotopic (exact) mass is 436 g/mol. The number of carbonyl (C=O) groups is 1. The Kier molecular flexibility index (Phi) is 6.30. The van der Waals surface area contributed by atoms with Crippen molar-refractivity contribution in [3.8, 4) is 5.75 Å². The molecular formula is C21H26Cl2N4O2. The molecule has 2 aliphatic rings. The lowest BCUT2D eigenvalue weighted by Crippen LogP contribution is -2.45. The fourth-order valence-corrected chi connectivity index (χ4v) is 4.72. The summed E-state index contributed by atoms with van der Waals surface area (Å²) >= 11 is 12.1. The van der Waals surface area contributed by atoms with Crippen molar-refractivity contribution >= 4 is 29.1 Å². The van der Waals surface area contributed by atoms with E-state index in [1.807, 2.05) is 4.90 Å². The SMILES string of the molecule is CC(Oc1ccc(Cl)cc1Cl)C(=O)N1CCCC(c2nnc3n2CCCCC3)C1. The quantitative estimate of drug-likeness (QED) is 0.708. The number of carbonyl (C=O) groups excluding carboxylic acids is 1. The first-order valence-electron chi connectivity index (χ1n) is 10.4. The highest BCUT2D eigenvalue weighted by Gasteiger charge is 2.32. The molecule has 0 saturated carbocycles. The highest BCUT2D eigenvalue weighted by Crippen LogP contribution is 2.30. The lowest BCUT2D eigenvalue weighted by atomic mass is 9.96. The van der Waals surface area contributed by atoms with Gasteiger partial charge in [-0.05, 0) is 50.8 Å². The van der Waals surface area contributed by atoms with Gasteiger partial charge in [0.2, 0.25) is 0 Å². The van der Waals surface area contributed by atoms with E-state index in [0.717, 1.165) is 44.0 Å². The lowest BCUT2D eigenvalue weighted by molar-refractivity contribution is -0.139. The molecule has 0 bridgehead atoms. The Labute approximate surface area is 181 Å². The third-order valence-corrected chi connectivity index (χ3v) is 6.31. The van der Waals surface area contributed by atoms with E-state index in [0.29, 0.717) is 22.3 Å². The molecule has 29 heavy (non-hydrogen) atoms. The van der Waals surface area contributed by atoms with Gasteiger partial charge in [0, 0.05) is 37.0 Å². The molecule has 2 aromatic rings. The summed E-state index contributed by atoms with van der Waals surface area (Å²) in [5, 5.41) is 9.87. The predicted octanol–water partition coefficient (Wildman–Crippen LogP) is 4.48. The summed E-state index contributed by atoms with van der Waals surface area (Å²) in [6, 6.07) is 5.01. The zero-order valence-electron chi connectivity index (χ0n) is 16.6. The van der Waals surface area contributed by atoms with Crippen molar-refractivity contribution in [1.29, 1.82) is 0 Å². The molecule has 1 aromatic carbocycles. The molecule has 0 N–H and O–H groups in total. The Morgan fingerprint density at radius 2 is 2.03 bits per heavy atom. The Bertz CT molecular complexity index is 886. The highest BCUT2D eigenvalue weighted by atomic mass is 35.5. The van der Waals surface area contributed by atoms with E-state index in [4.69, 9.17) is 27.9 Å². The number of fused-ring (bicyclic) bond motifs is 1. The molecule has 2 unspecified atom stereocenters. The summed E-state index contributed by atoms with van der Waals surface area (Å²) in [5.74, 6) is 2.78. The molecule has 2 aliphatic heterocycles. The van der Waals surface area contributed by atoms with Gasteiger partial charge in [-0.1, -0.05) is 29.6 Å². The molecule has 2 atom stereocenters. The van der Waals surface area contributed by atoms with Gasteiger partial charge in [-0.15, -0.1) is 10.2 Å². The Hall–Kier alpha value is -1.79. The summed E-state index contributed by atoms with van der Waals surface area (Å²) in [4.78, 5) is 14.9. The molecule has 1 fully saturated rings. The second-order valence-corrected chi connectivity index (χ2v) is 8.74. The minimum atomic E-state index is -0.622. The molecule has 156 valence electrons. The van der Waals surface area contributed by atoms with E-state index in [-0.39, 0.29) is 11.8 Å². The average Bonchev–Trinajstić information content (AvgIpc) is 2.98. The van der Waals surface area contributed by atoms with Crippen LogP contribution in [-0.4, -0.2) is 44.8 Å². The van der Waals surface area contributed by atoms with E-state index in [1.54, 1.807) is 25.1 Å². The van der Waals surface area contributed by atoms with Gasteiger partial charge in [0.1, 0.15) is 17.4 Å². The normalized spacial score (nSPS) is 20.7. The number of rotatable bonds is 4. The lowest BCUT2D eigenvalue weighted by Gasteiger charge is -2.34. The highest BCUT2D eigenvalue weighted by molar-refractivity contribution is 6.35. The van der Waals surface area contributed by atoms with Crippen molar-refractivity contribution in [2.24, 2.45) is 0 Å². The number of ether oxygens (including phenoxy) is 1. The fraction of sp³-hybridized carbons (Fsp3) is 0.571. The molecule has 6 nitrogen and oxygen atoms in total. The number of nitrogens with zero attached hydrogens (tertiary/aromatic N) is 4. The van der Waals surface area contributed by atoms with Crippen LogP contribution in [0.2, 0.25) is 10.0 Å². The summed E-state index contributed by atoms with van der Waals surface area (Å²) < 4.78 is 8.12. The maximum atomic E-state index is 13.0. The van der Waals surface area contributed by atoms with Crippen molar-refractivity contribution in [3.63, 3.8) is 0 Å². The van der Waals surface area contributed by atoms with Crippen LogP contribution in [0.5, 0.6) is 5.75 Å². The average molecular weight is 437 g/mol. The molecule has 8 heteroatoms. The molecule has 1 amide bonds. The van der Waals surface area contributed by atoms with Crippen LogP contribution in [-0.2, 0) is 17.8 Å². The second kappa shape index (κ2) is 8.92. The topological polar surface area (TPSA) is 60.2 Å². The maximum absolute atomic E-state index is 13.0. The fourth-order valence-electron chi connectivity index (χ4n) is 4.27. The van der Waals surface area contributed by atoms with Gasteiger partial charge in [0.05, 0.1) is 5.02 Å². The van der Waals surface area contributed by atoms with Crippen molar-refractivity contribution in [1.82, 2.24) is 19.7 Å². The van der Waals surface area contributed by atoms with Crippen LogP contribution < -0.4 is 4.74 Å². The van der Waals surface area contributed by atoms with Crippen LogP contribution in [0.25, 0.3) is 0 Å². The van der Waals surface area contributed by atoms with Crippen LogP contribution in [0, 0.1) is 0 Å². The molecule has 0 spiro atoms. The van der Waals surface area contributed by atoms with Crippen molar-refractivity contribution in [2.45, 2.75) is 64.0 Å². The second-order valence-electron chi connectivity index (χ2n) is 7.89. The van der Waals surface area contributed by atoms with E-state index < -0.39 is 6.10 Å². The number of aryl methyl sites for hydroxylation is 1. The van der Waals surface area contributed by atoms with Crippen LogP contribution in [0.15, 0.2) is 18.2 Å². The third kappa shape index (κ3) is 4.53. The van der Waals surface area contributed by atoms with Gasteiger partial charge in [-0.3, -0.25) is 4.79 Å². The Morgan fingerprint density at radius 1 is 1.17 bits per heavy atom. The molecule has 0 aliphatic carbocycles. The van der Waals surface area contributed by atoms with E-state index in [9.17, 15) is 4.79 Å². The number of aromatic nitrogens is 3. The number of amides is 1. The number of likely N-dealkylation sites (tertiary alicyclic amines) is 1. The van der Waals surface area contributed by atoms with Crippen molar-refractivity contribution < 1.29 is 9.53 Å². The Balaban J connectivity index is 1.44. The van der Waals surface area contributed by atoms with E-state index in [2.05, 4.69) is 14.8 Å². The van der Waals surface area contributed by atoms with Gasteiger partial charge in [-0.2, -0.15) is 0 Å². The molecule has 3 heterocycles. The van der Waals surface area contributed by atoms with Crippen LogP contribution in [0.3, 0.4) is 0 Å². The number of piperidine rings is 1. The van der Waals surface area contributed by atoms with Gasteiger partial charge in [0.15, 0.2) is 6.10 Å². The van der Waals surface area contributed by atoms with E-state index >= 15 is 0 Å². The number of halogens is 2. The smallest absolute Gasteiger partial charge is 0.263 e.